The summed E-state index contributed by atoms with van der Waals surface area (Å²) in [5, 5.41) is 4.28. The zero-order valence-corrected chi connectivity index (χ0v) is 15.7. The molecule has 1 N–H and O–H groups in total. The largest absolute Gasteiger partial charge is 0.345 e. The molecule has 0 aliphatic carbocycles. The quantitative estimate of drug-likeness (QED) is 0.825. The highest BCUT2D eigenvalue weighted by Gasteiger charge is 2.23. The van der Waals surface area contributed by atoms with Crippen molar-refractivity contribution >= 4 is 38.9 Å². The van der Waals surface area contributed by atoms with Gasteiger partial charge in [0.15, 0.2) is 0 Å². The smallest absolute Gasteiger partial charge is 0.253 e. The number of nitrogens with zero attached hydrogens (tertiary/aromatic N) is 2. The minimum atomic E-state index is -3.67. The number of hydrogen-bond donors (Lipinski definition) is 1. The van der Waals surface area contributed by atoms with Crippen molar-refractivity contribution in [2.45, 2.75) is 4.21 Å². The number of nitrogens with one attached hydrogen (secondary N) is 1. The second kappa shape index (κ2) is 7.77. The van der Waals surface area contributed by atoms with Gasteiger partial charge in [0.25, 0.3) is 15.9 Å². The number of amides is 2. The summed E-state index contributed by atoms with van der Waals surface area (Å²) >= 11 is 1.10. The molecular weight excluding hydrogens is 362 g/mol. The fraction of sp³-hybridized carbons (Fsp3) is 0.250. The van der Waals surface area contributed by atoms with Crippen LogP contribution < -0.4 is 5.32 Å². The fourth-order valence-electron chi connectivity index (χ4n) is 2.01. The number of sulfonamides is 1. The van der Waals surface area contributed by atoms with Gasteiger partial charge in [-0.25, -0.2) is 8.42 Å². The Morgan fingerprint density at radius 1 is 1.08 bits per heavy atom. The summed E-state index contributed by atoms with van der Waals surface area (Å²) in [4.78, 5) is 25.3. The zero-order chi connectivity index (χ0) is 18.6. The predicted octanol–water partition coefficient (Wildman–Crippen LogP) is 1.71. The first-order valence-corrected chi connectivity index (χ1v) is 9.65. The van der Waals surface area contributed by atoms with Crippen molar-refractivity contribution in [2.24, 2.45) is 0 Å². The molecule has 2 amide bonds. The van der Waals surface area contributed by atoms with Gasteiger partial charge in [-0.3, -0.25) is 9.59 Å². The molecule has 7 nitrogen and oxygen atoms in total. The molecule has 0 spiro atoms. The lowest BCUT2D eigenvalue weighted by Gasteiger charge is -2.16. The molecule has 1 heterocycles. The Bertz CT molecular complexity index is 844. The lowest BCUT2D eigenvalue weighted by Crippen LogP contribution is -2.34. The molecule has 0 saturated heterocycles. The Morgan fingerprint density at radius 2 is 1.72 bits per heavy atom. The maximum atomic E-state index is 12.3. The number of carbonyl (C=O) groups is 2. The van der Waals surface area contributed by atoms with E-state index >= 15 is 0 Å². The lowest BCUT2D eigenvalue weighted by atomic mass is 10.2. The number of anilines is 1. The van der Waals surface area contributed by atoms with Gasteiger partial charge in [-0.05, 0) is 35.7 Å². The van der Waals surface area contributed by atoms with Crippen LogP contribution in [0.5, 0.6) is 0 Å². The van der Waals surface area contributed by atoms with Gasteiger partial charge in [0.05, 0.1) is 6.54 Å². The molecule has 0 atom stereocenters. The number of benzene rings is 1. The van der Waals surface area contributed by atoms with E-state index in [1.807, 2.05) is 0 Å². The standard InChI is InChI=1S/C16H19N3O4S2/c1-18(2)16(21)12-6-8-13(9-7-12)17-14(20)11-19(3)25(22,23)15-5-4-10-24-15/h4-10H,11H2,1-3H3,(H,17,20). The molecule has 134 valence electrons. The Morgan fingerprint density at radius 3 is 2.24 bits per heavy atom. The van der Waals surface area contributed by atoms with Crippen molar-refractivity contribution in [3.8, 4) is 0 Å². The first-order chi connectivity index (χ1) is 11.7. The monoisotopic (exact) mass is 381 g/mol. The summed E-state index contributed by atoms with van der Waals surface area (Å²) in [5.41, 5.74) is 0.989. The van der Waals surface area contributed by atoms with E-state index in [1.165, 1.54) is 18.0 Å². The van der Waals surface area contributed by atoms with Crippen LogP contribution in [0.25, 0.3) is 0 Å². The molecule has 0 bridgehead atoms. The van der Waals surface area contributed by atoms with Crippen molar-refractivity contribution in [1.29, 1.82) is 0 Å². The molecule has 2 rings (SSSR count). The average molecular weight is 381 g/mol. The first-order valence-electron chi connectivity index (χ1n) is 7.33. The van der Waals surface area contributed by atoms with E-state index < -0.39 is 15.9 Å². The third kappa shape index (κ3) is 4.65. The third-order valence-electron chi connectivity index (χ3n) is 3.35. The predicted molar refractivity (Wildman–Crippen MR) is 97.2 cm³/mol. The summed E-state index contributed by atoms with van der Waals surface area (Å²) < 4.78 is 25.7. The van der Waals surface area contributed by atoms with Gasteiger partial charge >= 0.3 is 0 Å². The normalized spacial score (nSPS) is 11.4. The van der Waals surface area contributed by atoms with E-state index in [0.29, 0.717) is 11.3 Å². The van der Waals surface area contributed by atoms with Crippen LogP contribution in [0.1, 0.15) is 10.4 Å². The Kier molecular flexibility index (Phi) is 5.93. The topological polar surface area (TPSA) is 86.8 Å². The van der Waals surface area contributed by atoms with Crippen LogP contribution in [0.4, 0.5) is 5.69 Å². The molecule has 1 aromatic heterocycles. The highest BCUT2D eigenvalue weighted by atomic mass is 32.2. The Labute approximate surface area is 150 Å². The number of thiophene rings is 1. The molecular formula is C16H19N3O4S2. The highest BCUT2D eigenvalue weighted by Crippen LogP contribution is 2.19. The van der Waals surface area contributed by atoms with E-state index in [2.05, 4.69) is 5.32 Å². The molecule has 0 radical (unpaired) electrons. The van der Waals surface area contributed by atoms with Gasteiger partial charge in [0, 0.05) is 32.4 Å². The van der Waals surface area contributed by atoms with Crippen molar-refractivity contribution in [2.75, 3.05) is 33.0 Å². The van der Waals surface area contributed by atoms with Gasteiger partial charge in [0.2, 0.25) is 5.91 Å². The van der Waals surface area contributed by atoms with E-state index in [-0.39, 0.29) is 16.7 Å². The van der Waals surface area contributed by atoms with Crippen molar-refractivity contribution in [1.82, 2.24) is 9.21 Å². The number of hydrogen-bond acceptors (Lipinski definition) is 5. The summed E-state index contributed by atoms with van der Waals surface area (Å²) in [6.45, 7) is -0.307. The molecule has 0 aliphatic heterocycles. The molecule has 9 heteroatoms. The van der Waals surface area contributed by atoms with Crippen molar-refractivity contribution in [3.63, 3.8) is 0 Å². The number of carbonyl (C=O) groups excluding carboxylic acids is 2. The third-order valence-corrected chi connectivity index (χ3v) is 6.52. The highest BCUT2D eigenvalue weighted by molar-refractivity contribution is 7.91. The Hall–Kier alpha value is -2.23. The molecule has 1 aromatic carbocycles. The van der Waals surface area contributed by atoms with Crippen LogP contribution in [0, 0.1) is 0 Å². The van der Waals surface area contributed by atoms with E-state index in [4.69, 9.17) is 0 Å². The number of likely N-dealkylation sites (N-methyl/N-ethyl adjacent to an activating group) is 1. The minimum absolute atomic E-state index is 0.139. The van der Waals surface area contributed by atoms with Crippen molar-refractivity contribution in [3.05, 3.63) is 47.3 Å². The van der Waals surface area contributed by atoms with Gasteiger partial charge in [0.1, 0.15) is 4.21 Å². The maximum absolute atomic E-state index is 12.3. The molecule has 0 unspecified atom stereocenters. The summed E-state index contributed by atoms with van der Waals surface area (Å²) in [6, 6.07) is 9.54. The van der Waals surface area contributed by atoms with Gasteiger partial charge < -0.3 is 10.2 Å². The lowest BCUT2D eigenvalue weighted by molar-refractivity contribution is -0.116. The fourth-order valence-corrected chi connectivity index (χ4v) is 4.33. The Balaban J connectivity index is 1.99. The van der Waals surface area contributed by atoms with Crippen molar-refractivity contribution < 1.29 is 18.0 Å². The zero-order valence-electron chi connectivity index (χ0n) is 14.1. The average Bonchev–Trinajstić information content (AvgIpc) is 3.09. The number of rotatable bonds is 6. The van der Waals surface area contributed by atoms with E-state index in [9.17, 15) is 18.0 Å². The van der Waals surface area contributed by atoms with Gasteiger partial charge in [-0.1, -0.05) is 6.07 Å². The SMILES string of the molecule is CN(C)C(=O)c1ccc(NC(=O)CN(C)S(=O)(=O)c2cccs2)cc1. The van der Waals surface area contributed by atoms with Crippen LogP contribution >= 0.6 is 11.3 Å². The summed E-state index contributed by atoms with van der Waals surface area (Å²) in [7, 11) is 0.994. The summed E-state index contributed by atoms with van der Waals surface area (Å²) in [6.07, 6.45) is 0. The van der Waals surface area contributed by atoms with E-state index in [1.54, 1.807) is 49.8 Å². The second-order valence-corrected chi connectivity index (χ2v) is 8.74. The molecule has 0 aliphatic rings. The second-order valence-electron chi connectivity index (χ2n) is 5.52. The minimum Gasteiger partial charge on any atom is -0.345 e. The molecule has 2 aromatic rings. The van der Waals surface area contributed by atoms with Gasteiger partial charge in [-0.2, -0.15) is 4.31 Å². The van der Waals surface area contributed by atoms with Crippen LogP contribution in [0.2, 0.25) is 0 Å². The van der Waals surface area contributed by atoms with Crippen LogP contribution in [-0.2, 0) is 14.8 Å². The molecule has 0 saturated carbocycles. The molecule has 25 heavy (non-hydrogen) atoms. The van der Waals surface area contributed by atoms with Crippen LogP contribution in [0.3, 0.4) is 0 Å². The van der Waals surface area contributed by atoms with E-state index in [0.717, 1.165) is 15.6 Å². The van der Waals surface area contributed by atoms with Gasteiger partial charge in [-0.15, -0.1) is 11.3 Å². The van der Waals surface area contributed by atoms with Crippen LogP contribution in [-0.4, -0.2) is 57.1 Å². The molecule has 0 fully saturated rings. The maximum Gasteiger partial charge on any atom is 0.253 e. The first kappa shape index (κ1) is 19.1. The van der Waals surface area contributed by atoms with Crippen LogP contribution in [0.15, 0.2) is 46.0 Å². The summed E-state index contributed by atoms with van der Waals surface area (Å²) in [5.74, 6) is -0.603.